The molecule has 2 aliphatic heterocycles. The third-order valence-electron chi connectivity index (χ3n) is 3.21. The molecule has 0 aromatic rings. The van der Waals surface area contributed by atoms with E-state index < -0.39 is 0 Å². The number of nitrogens with zero attached hydrogens (tertiary/aromatic N) is 2. The summed E-state index contributed by atoms with van der Waals surface area (Å²) in [6, 6.07) is 0. The van der Waals surface area contributed by atoms with Crippen molar-refractivity contribution in [2.24, 2.45) is 4.99 Å². The molecule has 0 aromatic heterocycles. The second kappa shape index (κ2) is 7.38. The van der Waals surface area contributed by atoms with E-state index in [-0.39, 0.29) is 36.2 Å². The van der Waals surface area contributed by atoms with Crippen LogP contribution in [0.2, 0.25) is 0 Å². The van der Waals surface area contributed by atoms with Gasteiger partial charge in [-0.2, -0.15) is 0 Å². The summed E-state index contributed by atoms with van der Waals surface area (Å²) in [7, 11) is 3.71. The molecule has 1 N–H and O–H groups in total. The molecule has 2 atom stereocenters. The van der Waals surface area contributed by atoms with Crippen LogP contribution in [-0.2, 0) is 9.47 Å². The normalized spacial score (nSPS) is 30.0. The average Bonchev–Trinajstić information content (AvgIpc) is 2.85. The first-order chi connectivity index (χ1) is 7.85. The van der Waals surface area contributed by atoms with Gasteiger partial charge in [-0.25, -0.2) is 0 Å². The lowest BCUT2D eigenvalue weighted by Crippen LogP contribution is -2.52. The molecule has 0 spiro atoms. The van der Waals surface area contributed by atoms with Gasteiger partial charge >= 0.3 is 0 Å². The Balaban J connectivity index is 0.00000144. The number of hydrogen-bond acceptors (Lipinski definition) is 3. The van der Waals surface area contributed by atoms with E-state index in [4.69, 9.17) is 9.47 Å². The summed E-state index contributed by atoms with van der Waals surface area (Å²) in [5.41, 5.74) is 0. The summed E-state index contributed by atoms with van der Waals surface area (Å²) in [6.07, 6.45) is 2.75. The molecular formula is C11H22IN3O2. The Labute approximate surface area is 120 Å². The minimum atomic E-state index is 0. The summed E-state index contributed by atoms with van der Waals surface area (Å²) in [5, 5.41) is 3.11. The lowest BCUT2D eigenvalue weighted by Gasteiger charge is -2.36. The van der Waals surface area contributed by atoms with Crippen molar-refractivity contribution in [2.45, 2.75) is 25.0 Å². The number of nitrogens with one attached hydrogen (secondary N) is 1. The molecule has 2 aliphatic rings. The van der Waals surface area contributed by atoms with Crippen LogP contribution in [0.1, 0.15) is 12.8 Å². The summed E-state index contributed by atoms with van der Waals surface area (Å²) in [6.45, 7) is 3.41. The van der Waals surface area contributed by atoms with Gasteiger partial charge in [-0.05, 0) is 12.8 Å². The molecule has 6 heteroatoms. The summed E-state index contributed by atoms with van der Waals surface area (Å²) in [5.74, 6) is 0.936. The lowest BCUT2D eigenvalue weighted by atomic mass is 10.1. The molecule has 100 valence electrons. The highest BCUT2D eigenvalue weighted by molar-refractivity contribution is 14.0. The maximum Gasteiger partial charge on any atom is 0.193 e. The molecule has 0 bridgehead atoms. The zero-order valence-corrected chi connectivity index (χ0v) is 12.8. The fourth-order valence-corrected chi connectivity index (χ4v) is 2.40. The van der Waals surface area contributed by atoms with Crippen molar-refractivity contribution >= 4 is 29.9 Å². The fourth-order valence-electron chi connectivity index (χ4n) is 2.40. The van der Waals surface area contributed by atoms with Gasteiger partial charge in [-0.1, -0.05) is 0 Å². The van der Waals surface area contributed by atoms with Crippen LogP contribution in [0.25, 0.3) is 0 Å². The molecule has 0 aromatic carbocycles. The van der Waals surface area contributed by atoms with E-state index in [9.17, 15) is 0 Å². The Kier molecular flexibility index (Phi) is 6.50. The van der Waals surface area contributed by atoms with E-state index in [1.807, 2.05) is 14.1 Å². The molecule has 2 fully saturated rings. The Morgan fingerprint density at radius 3 is 2.65 bits per heavy atom. The molecule has 0 saturated carbocycles. The number of ether oxygens (including phenoxy) is 2. The highest BCUT2D eigenvalue weighted by atomic mass is 127. The largest absolute Gasteiger partial charge is 0.375 e. The Hall–Kier alpha value is -0.0800. The summed E-state index contributed by atoms with van der Waals surface area (Å²) >= 11 is 0. The molecule has 5 nitrogen and oxygen atoms in total. The highest BCUT2D eigenvalue weighted by Gasteiger charge is 2.31. The van der Waals surface area contributed by atoms with Crippen LogP contribution in [0.15, 0.2) is 4.99 Å². The fraction of sp³-hybridized carbons (Fsp3) is 0.909. The van der Waals surface area contributed by atoms with E-state index >= 15 is 0 Å². The Morgan fingerprint density at radius 2 is 2.06 bits per heavy atom. The van der Waals surface area contributed by atoms with E-state index in [0.717, 1.165) is 45.1 Å². The SMILES string of the molecule is CN=C(NC)N1CCOC(C2CCCO2)C1.I. The predicted octanol–water partition coefficient (Wildman–Crippen LogP) is 0.689. The van der Waals surface area contributed by atoms with E-state index in [1.54, 1.807) is 0 Å². The summed E-state index contributed by atoms with van der Waals surface area (Å²) < 4.78 is 11.5. The second-order valence-electron chi connectivity index (χ2n) is 4.20. The minimum absolute atomic E-state index is 0. The van der Waals surface area contributed by atoms with Crippen LogP contribution in [0.4, 0.5) is 0 Å². The molecule has 2 heterocycles. The van der Waals surface area contributed by atoms with Crippen molar-refractivity contribution in [2.75, 3.05) is 40.4 Å². The maximum atomic E-state index is 5.78. The number of morpholine rings is 1. The minimum Gasteiger partial charge on any atom is -0.375 e. The zero-order valence-electron chi connectivity index (χ0n) is 10.5. The van der Waals surface area contributed by atoms with Crippen molar-refractivity contribution in [1.82, 2.24) is 10.2 Å². The maximum absolute atomic E-state index is 5.78. The van der Waals surface area contributed by atoms with E-state index in [2.05, 4.69) is 15.2 Å². The number of guanidine groups is 1. The number of hydrogen-bond donors (Lipinski definition) is 1. The van der Waals surface area contributed by atoms with Gasteiger partial charge in [0.05, 0.1) is 12.7 Å². The van der Waals surface area contributed by atoms with Crippen LogP contribution < -0.4 is 5.32 Å². The molecule has 0 aliphatic carbocycles. The average molecular weight is 355 g/mol. The predicted molar refractivity (Wildman–Crippen MR) is 78.1 cm³/mol. The topological polar surface area (TPSA) is 46.1 Å². The second-order valence-corrected chi connectivity index (χ2v) is 4.20. The van der Waals surface area contributed by atoms with Gasteiger partial charge < -0.3 is 19.7 Å². The van der Waals surface area contributed by atoms with Crippen LogP contribution >= 0.6 is 24.0 Å². The third-order valence-corrected chi connectivity index (χ3v) is 3.21. The van der Waals surface area contributed by atoms with Crippen LogP contribution in [0.3, 0.4) is 0 Å². The molecule has 2 unspecified atom stereocenters. The first kappa shape index (κ1) is 15.0. The molecule has 0 amide bonds. The molecule has 0 radical (unpaired) electrons. The molecule has 2 rings (SSSR count). The van der Waals surface area contributed by atoms with Crippen LogP contribution in [0, 0.1) is 0 Å². The van der Waals surface area contributed by atoms with Gasteiger partial charge in [0.15, 0.2) is 5.96 Å². The quantitative estimate of drug-likeness (QED) is 0.427. The monoisotopic (exact) mass is 355 g/mol. The third kappa shape index (κ3) is 3.69. The Bertz CT molecular complexity index is 257. The first-order valence-corrected chi connectivity index (χ1v) is 5.98. The van der Waals surface area contributed by atoms with Gasteiger partial charge in [0.2, 0.25) is 0 Å². The van der Waals surface area contributed by atoms with Crippen molar-refractivity contribution in [3.63, 3.8) is 0 Å². The van der Waals surface area contributed by atoms with Gasteiger partial charge in [0, 0.05) is 33.8 Å². The number of halogens is 1. The van der Waals surface area contributed by atoms with E-state index in [0.29, 0.717) is 0 Å². The molecule has 2 saturated heterocycles. The van der Waals surface area contributed by atoms with Gasteiger partial charge in [0.25, 0.3) is 0 Å². The van der Waals surface area contributed by atoms with Crippen molar-refractivity contribution in [3.8, 4) is 0 Å². The van der Waals surface area contributed by atoms with Crippen LogP contribution in [-0.4, -0.2) is 63.5 Å². The van der Waals surface area contributed by atoms with Crippen molar-refractivity contribution in [3.05, 3.63) is 0 Å². The number of rotatable bonds is 1. The molecule has 17 heavy (non-hydrogen) atoms. The highest BCUT2D eigenvalue weighted by Crippen LogP contribution is 2.20. The van der Waals surface area contributed by atoms with E-state index in [1.165, 1.54) is 0 Å². The number of aliphatic imine (C=N–C) groups is 1. The van der Waals surface area contributed by atoms with Crippen LogP contribution in [0.5, 0.6) is 0 Å². The Morgan fingerprint density at radius 1 is 1.29 bits per heavy atom. The standard InChI is InChI=1S/C11H21N3O2.HI/c1-12-11(13-2)14-5-7-16-10(8-14)9-4-3-6-15-9;/h9-10H,3-8H2,1-2H3,(H,12,13);1H. The molecular weight excluding hydrogens is 333 g/mol. The van der Waals surface area contributed by atoms with Crippen molar-refractivity contribution < 1.29 is 9.47 Å². The smallest absolute Gasteiger partial charge is 0.193 e. The first-order valence-electron chi connectivity index (χ1n) is 5.98. The van der Waals surface area contributed by atoms with Gasteiger partial charge in [0.1, 0.15) is 6.10 Å². The van der Waals surface area contributed by atoms with Gasteiger partial charge in [-0.15, -0.1) is 24.0 Å². The summed E-state index contributed by atoms with van der Waals surface area (Å²) in [4.78, 5) is 6.46. The van der Waals surface area contributed by atoms with Gasteiger partial charge in [-0.3, -0.25) is 4.99 Å². The van der Waals surface area contributed by atoms with Crippen molar-refractivity contribution in [1.29, 1.82) is 0 Å². The lowest BCUT2D eigenvalue weighted by molar-refractivity contribution is -0.0816. The zero-order chi connectivity index (χ0) is 11.4.